The summed E-state index contributed by atoms with van der Waals surface area (Å²) in [6.07, 6.45) is 0. The van der Waals surface area contributed by atoms with Gasteiger partial charge in [-0.15, -0.1) is 0 Å². The fraction of sp³-hybridized carbons (Fsp3) is 0.286. The van der Waals surface area contributed by atoms with E-state index in [9.17, 15) is 0 Å². The molecule has 0 fully saturated rings. The van der Waals surface area contributed by atoms with Crippen LogP contribution in [0.1, 0.15) is 17.0 Å². The van der Waals surface area contributed by atoms with Crippen molar-refractivity contribution in [1.29, 1.82) is 0 Å². The van der Waals surface area contributed by atoms with Crippen molar-refractivity contribution in [2.75, 3.05) is 17.9 Å². The molecule has 1 aromatic heterocycles. The minimum atomic E-state index is 0.612. The van der Waals surface area contributed by atoms with Crippen LogP contribution in [0.4, 0.5) is 17.3 Å². The van der Waals surface area contributed by atoms with Gasteiger partial charge in [-0.1, -0.05) is 6.07 Å². The summed E-state index contributed by atoms with van der Waals surface area (Å²) in [5.41, 5.74) is 5.48. The molecule has 6 heteroatoms. The summed E-state index contributed by atoms with van der Waals surface area (Å²) < 4.78 is 5.24. The second kappa shape index (κ2) is 5.75. The molecule has 4 N–H and O–H groups in total. The van der Waals surface area contributed by atoms with Crippen LogP contribution in [-0.2, 0) is 0 Å². The number of nitrogen functional groups attached to an aromatic ring is 1. The Kier molecular flexibility index (Phi) is 4.05. The Hall–Kier alpha value is -2.34. The van der Waals surface area contributed by atoms with Crippen molar-refractivity contribution < 1.29 is 4.74 Å². The molecule has 0 aliphatic rings. The van der Waals surface area contributed by atoms with Gasteiger partial charge in [0.15, 0.2) is 0 Å². The number of aryl methyl sites for hydroxylation is 2. The lowest BCUT2D eigenvalue weighted by Crippen LogP contribution is -2.13. The third-order valence-electron chi connectivity index (χ3n) is 3.09. The first-order valence-corrected chi connectivity index (χ1v) is 6.28. The molecule has 0 amide bonds. The maximum Gasteiger partial charge on any atom is 0.148 e. The predicted octanol–water partition coefficient (Wildman–Crippen LogP) is 2.44. The van der Waals surface area contributed by atoms with Crippen LogP contribution in [0.3, 0.4) is 0 Å². The number of hydrogen-bond acceptors (Lipinski definition) is 6. The number of hydrazine groups is 1. The summed E-state index contributed by atoms with van der Waals surface area (Å²) >= 11 is 0. The standard InChI is InChI=1S/C14H19N5O/c1-8-5-6-11(20-4)7-12(8)18-13-9(2)14(19-15)17-10(3)16-13/h5-7H,15H2,1-4H3,(H2,16,17,18,19). The number of aromatic nitrogens is 2. The Morgan fingerprint density at radius 1 is 1.10 bits per heavy atom. The van der Waals surface area contributed by atoms with Crippen LogP contribution in [0.25, 0.3) is 0 Å². The molecule has 20 heavy (non-hydrogen) atoms. The zero-order valence-electron chi connectivity index (χ0n) is 12.1. The number of rotatable bonds is 4. The SMILES string of the molecule is COc1ccc(C)c(Nc2nc(C)nc(NN)c2C)c1. The number of nitrogens with one attached hydrogen (secondary N) is 2. The molecule has 0 atom stereocenters. The molecule has 0 saturated heterocycles. The molecule has 0 radical (unpaired) electrons. The van der Waals surface area contributed by atoms with Crippen molar-refractivity contribution in [2.45, 2.75) is 20.8 Å². The van der Waals surface area contributed by atoms with Crippen molar-refractivity contribution in [3.8, 4) is 5.75 Å². The van der Waals surface area contributed by atoms with Crippen molar-refractivity contribution in [1.82, 2.24) is 9.97 Å². The van der Waals surface area contributed by atoms with Crippen LogP contribution in [0, 0.1) is 20.8 Å². The quantitative estimate of drug-likeness (QED) is 0.586. The molecule has 1 aromatic carbocycles. The summed E-state index contributed by atoms with van der Waals surface area (Å²) in [4.78, 5) is 8.65. The summed E-state index contributed by atoms with van der Waals surface area (Å²) in [7, 11) is 1.64. The predicted molar refractivity (Wildman–Crippen MR) is 80.3 cm³/mol. The van der Waals surface area contributed by atoms with Gasteiger partial charge in [0, 0.05) is 17.3 Å². The van der Waals surface area contributed by atoms with E-state index in [1.54, 1.807) is 7.11 Å². The minimum Gasteiger partial charge on any atom is -0.497 e. The molecule has 2 rings (SSSR count). The molecular weight excluding hydrogens is 254 g/mol. The molecule has 106 valence electrons. The van der Waals surface area contributed by atoms with E-state index in [1.807, 2.05) is 39.0 Å². The van der Waals surface area contributed by atoms with E-state index in [0.717, 1.165) is 28.4 Å². The minimum absolute atomic E-state index is 0.612. The number of nitrogens with two attached hydrogens (primary N) is 1. The number of nitrogens with zero attached hydrogens (tertiary/aromatic N) is 2. The maximum atomic E-state index is 5.47. The lowest BCUT2D eigenvalue weighted by molar-refractivity contribution is 0.415. The Bertz CT molecular complexity index is 627. The van der Waals surface area contributed by atoms with E-state index >= 15 is 0 Å². The van der Waals surface area contributed by atoms with Gasteiger partial charge >= 0.3 is 0 Å². The third kappa shape index (κ3) is 2.80. The Labute approximate surface area is 118 Å². The molecule has 2 aromatic rings. The van der Waals surface area contributed by atoms with E-state index in [2.05, 4.69) is 20.7 Å². The van der Waals surface area contributed by atoms with Crippen molar-refractivity contribution in [2.24, 2.45) is 5.84 Å². The number of anilines is 3. The van der Waals surface area contributed by atoms with E-state index in [1.165, 1.54) is 0 Å². The van der Waals surface area contributed by atoms with Crippen LogP contribution in [0.2, 0.25) is 0 Å². The summed E-state index contributed by atoms with van der Waals surface area (Å²) in [5.74, 6) is 8.24. The number of methoxy groups -OCH3 is 1. The fourth-order valence-corrected chi connectivity index (χ4v) is 1.88. The monoisotopic (exact) mass is 273 g/mol. The molecule has 6 nitrogen and oxygen atoms in total. The Morgan fingerprint density at radius 3 is 2.45 bits per heavy atom. The number of benzene rings is 1. The molecule has 0 bridgehead atoms. The summed E-state index contributed by atoms with van der Waals surface area (Å²) in [6.45, 7) is 5.75. The Morgan fingerprint density at radius 2 is 1.80 bits per heavy atom. The van der Waals surface area contributed by atoms with Gasteiger partial charge in [-0.25, -0.2) is 15.8 Å². The van der Waals surface area contributed by atoms with Gasteiger partial charge < -0.3 is 15.5 Å². The molecule has 0 aliphatic carbocycles. The first-order valence-electron chi connectivity index (χ1n) is 6.28. The zero-order chi connectivity index (χ0) is 14.7. The Balaban J connectivity index is 2.42. The zero-order valence-corrected chi connectivity index (χ0v) is 12.1. The highest BCUT2D eigenvalue weighted by atomic mass is 16.5. The van der Waals surface area contributed by atoms with Crippen LogP contribution in [0.15, 0.2) is 18.2 Å². The maximum absolute atomic E-state index is 5.47. The van der Waals surface area contributed by atoms with Gasteiger partial charge in [0.25, 0.3) is 0 Å². The summed E-state index contributed by atoms with van der Waals surface area (Å²) in [6, 6.07) is 5.85. The molecule has 1 heterocycles. The number of ether oxygens (including phenoxy) is 1. The van der Waals surface area contributed by atoms with Crippen LogP contribution >= 0.6 is 0 Å². The lowest BCUT2D eigenvalue weighted by atomic mass is 10.2. The third-order valence-corrected chi connectivity index (χ3v) is 3.09. The van der Waals surface area contributed by atoms with Gasteiger partial charge in [-0.05, 0) is 32.4 Å². The van der Waals surface area contributed by atoms with Crippen LogP contribution in [-0.4, -0.2) is 17.1 Å². The first kappa shape index (κ1) is 14.1. The second-order valence-corrected chi connectivity index (χ2v) is 4.54. The normalized spacial score (nSPS) is 10.2. The van der Waals surface area contributed by atoms with Crippen molar-refractivity contribution in [3.63, 3.8) is 0 Å². The van der Waals surface area contributed by atoms with Gasteiger partial charge in [-0.3, -0.25) is 0 Å². The van der Waals surface area contributed by atoms with Gasteiger partial charge in [0.2, 0.25) is 0 Å². The van der Waals surface area contributed by atoms with Crippen molar-refractivity contribution >= 4 is 17.3 Å². The largest absolute Gasteiger partial charge is 0.497 e. The topological polar surface area (TPSA) is 85.1 Å². The van der Waals surface area contributed by atoms with Gasteiger partial charge in [-0.2, -0.15) is 0 Å². The highest BCUT2D eigenvalue weighted by Crippen LogP contribution is 2.27. The van der Waals surface area contributed by atoms with E-state index < -0.39 is 0 Å². The number of hydrogen-bond donors (Lipinski definition) is 3. The second-order valence-electron chi connectivity index (χ2n) is 4.54. The first-order chi connectivity index (χ1) is 9.55. The average molecular weight is 273 g/mol. The molecule has 0 saturated carbocycles. The lowest BCUT2D eigenvalue weighted by Gasteiger charge is -2.14. The van der Waals surface area contributed by atoms with Crippen molar-refractivity contribution in [3.05, 3.63) is 35.2 Å². The van der Waals surface area contributed by atoms with Gasteiger partial charge in [0.1, 0.15) is 23.2 Å². The molecule has 0 aliphatic heterocycles. The van der Waals surface area contributed by atoms with E-state index in [4.69, 9.17) is 10.6 Å². The molecule has 0 unspecified atom stereocenters. The molecule has 0 spiro atoms. The smallest absolute Gasteiger partial charge is 0.148 e. The molecular formula is C14H19N5O. The van der Waals surface area contributed by atoms with Gasteiger partial charge in [0.05, 0.1) is 7.11 Å². The van der Waals surface area contributed by atoms with Crippen LogP contribution in [0.5, 0.6) is 5.75 Å². The highest BCUT2D eigenvalue weighted by Gasteiger charge is 2.10. The average Bonchev–Trinajstić information content (AvgIpc) is 2.44. The van der Waals surface area contributed by atoms with Crippen LogP contribution < -0.4 is 21.3 Å². The highest BCUT2D eigenvalue weighted by molar-refractivity contribution is 5.67. The fourth-order valence-electron chi connectivity index (χ4n) is 1.88. The van der Waals surface area contributed by atoms with E-state index in [-0.39, 0.29) is 0 Å². The summed E-state index contributed by atoms with van der Waals surface area (Å²) in [5, 5.41) is 3.30. The van der Waals surface area contributed by atoms with E-state index in [0.29, 0.717) is 11.6 Å².